The molecule has 1 N–H and O–H groups in total. The first kappa shape index (κ1) is 16.7. The highest BCUT2D eigenvalue weighted by atomic mass is 16.5. The van der Waals surface area contributed by atoms with Crippen LogP contribution in [0, 0.1) is 0 Å². The molecule has 0 bridgehead atoms. The molecule has 0 saturated heterocycles. The molecule has 25 heavy (non-hydrogen) atoms. The van der Waals surface area contributed by atoms with Crippen LogP contribution in [0.1, 0.15) is 17.2 Å². The third-order valence-corrected chi connectivity index (χ3v) is 4.03. The fourth-order valence-corrected chi connectivity index (χ4v) is 2.73. The first-order chi connectivity index (χ1) is 12.1. The van der Waals surface area contributed by atoms with E-state index in [1.165, 1.54) is 7.11 Å². The van der Waals surface area contributed by atoms with Crippen molar-refractivity contribution < 1.29 is 14.3 Å². The quantitative estimate of drug-likeness (QED) is 0.724. The number of hydrogen-bond donors (Lipinski definition) is 1. The van der Waals surface area contributed by atoms with Crippen molar-refractivity contribution in [3.8, 4) is 0 Å². The summed E-state index contributed by atoms with van der Waals surface area (Å²) >= 11 is 0. The van der Waals surface area contributed by atoms with Crippen LogP contribution in [0.5, 0.6) is 0 Å². The summed E-state index contributed by atoms with van der Waals surface area (Å²) in [6, 6.07) is 13.9. The Kier molecular flexibility index (Phi) is 4.79. The number of imidazole rings is 1. The third kappa shape index (κ3) is 3.68. The average molecular weight is 337 g/mol. The predicted molar refractivity (Wildman–Crippen MR) is 93.8 cm³/mol. The van der Waals surface area contributed by atoms with Gasteiger partial charge in [-0.2, -0.15) is 0 Å². The number of nitrogens with one attached hydrogen (secondary N) is 1. The zero-order valence-corrected chi connectivity index (χ0v) is 14.1. The number of aromatic nitrogens is 2. The van der Waals surface area contributed by atoms with Crippen LogP contribution in [0.15, 0.2) is 54.9 Å². The maximum atomic E-state index is 12.4. The summed E-state index contributed by atoms with van der Waals surface area (Å²) in [5.74, 6) is -0.755. The monoisotopic (exact) mass is 337 g/mol. The van der Waals surface area contributed by atoms with Crippen molar-refractivity contribution in [3.63, 3.8) is 0 Å². The summed E-state index contributed by atoms with van der Waals surface area (Å²) in [5, 5.41) is 2.75. The van der Waals surface area contributed by atoms with Gasteiger partial charge in [0.25, 0.3) is 0 Å². The molecule has 0 aliphatic heterocycles. The van der Waals surface area contributed by atoms with E-state index in [9.17, 15) is 9.59 Å². The number of benzene rings is 2. The Morgan fingerprint density at radius 2 is 1.96 bits per heavy atom. The van der Waals surface area contributed by atoms with Crippen LogP contribution in [0.25, 0.3) is 11.0 Å². The van der Waals surface area contributed by atoms with Crippen LogP contribution in [0.4, 0.5) is 0 Å². The minimum Gasteiger partial charge on any atom is -0.467 e. The van der Waals surface area contributed by atoms with E-state index in [1.54, 1.807) is 18.5 Å². The molecule has 0 aliphatic rings. The summed E-state index contributed by atoms with van der Waals surface area (Å²) in [6.45, 7) is 0. The Bertz CT molecular complexity index is 903. The molecule has 0 aliphatic carbocycles. The number of carbonyl (C=O) groups excluding carboxylic acids is 2. The summed E-state index contributed by atoms with van der Waals surface area (Å²) in [6.07, 6.45) is 1.89. The second-order valence-electron chi connectivity index (χ2n) is 5.79. The number of methoxy groups -OCH3 is 1. The Balaban J connectivity index is 1.75. The maximum absolute atomic E-state index is 12.4. The van der Waals surface area contributed by atoms with Crippen LogP contribution in [-0.2, 0) is 27.8 Å². The summed E-state index contributed by atoms with van der Waals surface area (Å²) in [7, 11) is 3.22. The number of aryl methyl sites for hydroxylation is 1. The van der Waals surface area contributed by atoms with Crippen molar-refractivity contribution in [1.82, 2.24) is 14.9 Å². The zero-order valence-electron chi connectivity index (χ0n) is 14.1. The van der Waals surface area contributed by atoms with E-state index in [2.05, 4.69) is 10.3 Å². The Morgan fingerprint density at radius 3 is 2.68 bits per heavy atom. The standard InChI is InChI=1S/C19H19N3O3/c1-22-12-20-15-10-13(8-9-16(15)22)11-17(23)21-18(19(24)25-2)14-6-4-3-5-7-14/h3-10,12,18H,11H2,1-2H3,(H,21,23)/t18-/m1/s1. The van der Waals surface area contributed by atoms with E-state index in [1.807, 2.05) is 48.0 Å². The van der Waals surface area contributed by atoms with Crippen molar-refractivity contribution in [1.29, 1.82) is 0 Å². The van der Waals surface area contributed by atoms with Crippen molar-refractivity contribution in [2.24, 2.45) is 7.05 Å². The van der Waals surface area contributed by atoms with Gasteiger partial charge in [0.05, 0.1) is 30.9 Å². The van der Waals surface area contributed by atoms with Crippen LogP contribution in [0.3, 0.4) is 0 Å². The second kappa shape index (κ2) is 7.17. The molecule has 0 fully saturated rings. The van der Waals surface area contributed by atoms with Gasteiger partial charge in [-0.25, -0.2) is 9.78 Å². The topological polar surface area (TPSA) is 73.2 Å². The van der Waals surface area contributed by atoms with Crippen molar-refractivity contribution >= 4 is 22.9 Å². The lowest BCUT2D eigenvalue weighted by Gasteiger charge is -2.17. The van der Waals surface area contributed by atoms with Crippen molar-refractivity contribution in [2.75, 3.05) is 7.11 Å². The van der Waals surface area contributed by atoms with Crippen LogP contribution >= 0.6 is 0 Å². The largest absolute Gasteiger partial charge is 0.467 e. The molecular formula is C19H19N3O3. The predicted octanol–water partition coefficient (Wildman–Crippen LogP) is 2.15. The van der Waals surface area contributed by atoms with Crippen LogP contribution < -0.4 is 5.32 Å². The molecule has 3 rings (SSSR count). The maximum Gasteiger partial charge on any atom is 0.333 e. The van der Waals surface area contributed by atoms with Gasteiger partial charge in [-0.15, -0.1) is 0 Å². The molecular weight excluding hydrogens is 318 g/mol. The fraction of sp³-hybridized carbons (Fsp3) is 0.211. The minimum absolute atomic E-state index is 0.160. The highest BCUT2D eigenvalue weighted by Crippen LogP contribution is 2.16. The molecule has 0 radical (unpaired) electrons. The molecule has 1 heterocycles. The molecule has 0 spiro atoms. The summed E-state index contributed by atoms with van der Waals surface area (Å²) < 4.78 is 6.73. The minimum atomic E-state index is -0.822. The van der Waals surface area contributed by atoms with E-state index in [4.69, 9.17) is 4.74 Å². The highest BCUT2D eigenvalue weighted by Gasteiger charge is 2.23. The number of nitrogens with zero attached hydrogens (tertiary/aromatic N) is 2. The van der Waals surface area contributed by atoms with Crippen molar-refractivity contribution in [3.05, 3.63) is 66.0 Å². The molecule has 1 aromatic heterocycles. The second-order valence-corrected chi connectivity index (χ2v) is 5.79. The number of rotatable bonds is 5. The van der Waals surface area contributed by atoms with E-state index in [-0.39, 0.29) is 12.3 Å². The first-order valence-corrected chi connectivity index (χ1v) is 7.90. The molecule has 6 heteroatoms. The molecule has 1 atom stereocenters. The van der Waals surface area contributed by atoms with E-state index < -0.39 is 12.0 Å². The molecule has 128 valence electrons. The van der Waals surface area contributed by atoms with Gasteiger partial charge >= 0.3 is 5.97 Å². The highest BCUT2D eigenvalue weighted by molar-refractivity contribution is 5.87. The number of hydrogen-bond acceptors (Lipinski definition) is 4. The van der Waals surface area contributed by atoms with Gasteiger partial charge < -0.3 is 14.6 Å². The normalized spacial score (nSPS) is 11.9. The Labute approximate surface area is 145 Å². The lowest BCUT2D eigenvalue weighted by atomic mass is 10.1. The lowest BCUT2D eigenvalue weighted by Crippen LogP contribution is -2.35. The van der Waals surface area contributed by atoms with Crippen molar-refractivity contribution in [2.45, 2.75) is 12.5 Å². The van der Waals surface area contributed by atoms with Gasteiger partial charge in [-0.1, -0.05) is 36.4 Å². The number of ether oxygens (including phenoxy) is 1. The molecule has 3 aromatic rings. The molecule has 2 aromatic carbocycles. The Morgan fingerprint density at radius 1 is 1.20 bits per heavy atom. The molecule has 1 amide bonds. The van der Waals surface area contributed by atoms with Gasteiger partial charge in [0.15, 0.2) is 6.04 Å². The van der Waals surface area contributed by atoms with Gasteiger partial charge in [-0.3, -0.25) is 4.79 Å². The fourth-order valence-electron chi connectivity index (χ4n) is 2.73. The first-order valence-electron chi connectivity index (χ1n) is 7.90. The van der Waals surface area contributed by atoms with Gasteiger partial charge in [0.1, 0.15) is 0 Å². The smallest absolute Gasteiger partial charge is 0.333 e. The van der Waals surface area contributed by atoms with Crippen LogP contribution in [-0.4, -0.2) is 28.5 Å². The van der Waals surface area contributed by atoms with Gasteiger partial charge in [0.2, 0.25) is 5.91 Å². The summed E-state index contributed by atoms with van der Waals surface area (Å²) in [4.78, 5) is 28.7. The Hall–Kier alpha value is -3.15. The van der Waals surface area contributed by atoms with E-state index in [0.29, 0.717) is 5.56 Å². The number of fused-ring (bicyclic) bond motifs is 1. The number of esters is 1. The van der Waals surface area contributed by atoms with Gasteiger partial charge in [-0.05, 0) is 23.3 Å². The van der Waals surface area contributed by atoms with E-state index >= 15 is 0 Å². The third-order valence-electron chi connectivity index (χ3n) is 4.03. The summed E-state index contributed by atoms with van der Waals surface area (Å²) in [5.41, 5.74) is 3.35. The molecule has 0 unspecified atom stereocenters. The average Bonchev–Trinajstić information content (AvgIpc) is 3.00. The van der Waals surface area contributed by atoms with Crippen LogP contribution in [0.2, 0.25) is 0 Å². The molecule has 6 nitrogen and oxygen atoms in total. The molecule has 0 saturated carbocycles. The van der Waals surface area contributed by atoms with Gasteiger partial charge in [0, 0.05) is 7.05 Å². The zero-order chi connectivity index (χ0) is 17.8. The lowest BCUT2D eigenvalue weighted by molar-refractivity contribution is -0.145. The number of amides is 1. The van der Waals surface area contributed by atoms with E-state index in [0.717, 1.165) is 16.6 Å². The SMILES string of the molecule is COC(=O)[C@H](NC(=O)Cc1ccc2c(c1)ncn2C)c1ccccc1. The number of carbonyl (C=O) groups is 2.